The van der Waals surface area contributed by atoms with Gasteiger partial charge in [-0.2, -0.15) is 26.3 Å². The quantitative estimate of drug-likeness (QED) is 0.432. The predicted octanol–water partition coefficient (Wildman–Crippen LogP) is 6.84. The van der Waals surface area contributed by atoms with E-state index in [-0.39, 0.29) is 17.7 Å². The van der Waals surface area contributed by atoms with Gasteiger partial charge in [-0.15, -0.1) is 0 Å². The van der Waals surface area contributed by atoms with Crippen LogP contribution in [0.5, 0.6) is 0 Å². The molecule has 1 N–H and O–H groups in total. The Labute approximate surface area is 216 Å². The Morgan fingerprint density at radius 2 is 1.39 bits per heavy atom. The van der Waals surface area contributed by atoms with Gasteiger partial charge in [0, 0.05) is 43.1 Å². The lowest BCUT2D eigenvalue weighted by Crippen LogP contribution is -2.39. The van der Waals surface area contributed by atoms with Gasteiger partial charge in [-0.1, -0.05) is 6.92 Å². The highest BCUT2D eigenvalue weighted by atomic mass is 19.4. The van der Waals surface area contributed by atoms with Gasteiger partial charge < -0.3 is 15.1 Å². The number of nitrogens with zero attached hydrogens (tertiary/aromatic N) is 2. The minimum absolute atomic E-state index is 0.0273. The number of hydrogen-bond acceptors (Lipinski definition) is 3. The molecule has 2 aliphatic heterocycles. The van der Waals surface area contributed by atoms with Gasteiger partial charge in [-0.25, -0.2) is 0 Å². The van der Waals surface area contributed by atoms with E-state index in [1.165, 1.54) is 12.1 Å². The van der Waals surface area contributed by atoms with Crippen molar-refractivity contribution in [2.24, 2.45) is 5.92 Å². The number of piperidine rings is 2. The predicted molar refractivity (Wildman–Crippen MR) is 131 cm³/mol. The van der Waals surface area contributed by atoms with E-state index in [9.17, 15) is 35.9 Å². The molecule has 2 amide bonds. The average Bonchev–Trinajstić information content (AvgIpc) is 2.88. The summed E-state index contributed by atoms with van der Waals surface area (Å²) < 4.78 is 79.5. The van der Waals surface area contributed by atoms with E-state index in [0.717, 1.165) is 45.2 Å². The SMILES string of the molecule is CC1CCN(C(=O)c2cc(NC(=O)c3cc(C(F)(F)F)cc(C(F)(F)F)c3)ccc2N2CCCCC2)CC1. The number of rotatable bonds is 4. The van der Waals surface area contributed by atoms with Crippen LogP contribution in [0.1, 0.15) is 70.9 Å². The third-order valence-corrected chi connectivity index (χ3v) is 7.10. The maximum absolute atomic E-state index is 13.5. The molecule has 2 heterocycles. The van der Waals surface area contributed by atoms with E-state index in [0.29, 0.717) is 42.4 Å². The van der Waals surface area contributed by atoms with Gasteiger partial charge in [-0.3, -0.25) is 9.59 Å². The van der Waals surface area contributed by atoms with Crippen LogP contribution < -0.4 is 10.2 Å². The molecular weight excluding hydrogens is 512 g/mol. The third kappa shape index (κ3) is 6.42. The van der Waals surface area contributed by atoms with Crippen LogP contribution in [0.3, 0.4) is 0 Å². The van der Waals surface area contributed by atoms with Crippen molar-refractivity contribution in [3.63, 3.8) is 0 Å². The second kappa shape index (κ2) is 10.9. The fourth-order valence-electron chi connectivity index (χ4n) is 4.87. The topological polar surface area (TPSA) is 52.7 Å². The summed E-state index contributed by atoms with van der Waals surface area (Å²) in [5.41, 5.74) is -2.79. The van der Waals surface area contributed by atoms with Crippen molar-refractivity contribution in [1.29, 1.82) is 0 Å². The van der Waals surface area contributed by atoms with Gasteiger partial charge in [0.05, 0.1) is 16.7 Å². The highest BCUT2D eigenvalue weighted by Gasteiger charge is 2.37. The Bertz CT molecular complexity index is 1150. The Morgan fingerprint density at radius 1 is 0.816 bits per heavy atom. The minimum Gasteiger partial charge on any atom is -0.371 e. The summed E-state index contributed by atoms with van der Waals surface area (Å²) in [6, 6.07) is 5.38. The number of alkyl halides is 6. The van der Waals surface area contributed by atoms with Crippen LogP contribution in [-0.4, -0.2) is 42.9 Å². The molecule has 0 radical (unpaired) electrons. The second-order valence-corrected chi connectivity index (χ2v) is 10.0. The maximum atomic E-state index is 13.5. The Kier molecular flexibility index (Phi) is 7.94. The lowest BCUT2D eigenvalue weighted by Gasteiger charge is -2.34. The molecule has 206 valence electrons. The first-order chi connectivity index (χ1) is 17.8. The van der Waals surface area contributed by atoms with Crippen LogP contribution in [0.15, 0.2) is 36.4 Å². The first-order valence-electron chi connectivity index (χ1n) is 12.6. The van der Waals surface area contributed by atoms with Crippen LogP contribution in [0.4, 0.5) is 37.7 Å². The molecule has 0 aromatic heterocycles. The van der Waals surface area contributed by atoms with Crippen molar-refractivity contribution < 1.29 is 35.9 Å². The Hall–Kier alpha value is -3.24. The molecular formula is C27H29F6N3O2. The number of carbonyl (C=O) groups excluding carboxylic acids is 2. The number of nitrogens with one attached hydrogen (secondary N) is 1. The van der Waals surface area contributed by atoms with E-state index in [4.69, 9.17) is 0 Å². The van der Waals surface area contributed by atoms with Gasteiger partial charge in [-0.05, 0) is 74.4 Å². The van der Waals surface area contributed by atoms with Gasteiger partial charge in [0.15, 0.2) is 0 Å². The number of carbonyl (C=O) groups is 2. The number of halogens is 6. The lowest BCUT2D eigenvalue weighted by molar-refractivity contribution is -0.143. The van der Waals surface area contributed by atoms with Gasteiger partial charge in [0.1, 0.15) is 0 Å². The lowest BCUT2D eigenvalue weighted by atomic mass is 9.98. The largest absolute Gasteiger partial charge is 0.416 e. The normalized spacial score (nSPS) is 17.4. The van der Waals surface area contributed by atoms with Crippen LogP contribution in [-0.2, 0) is 12.4 Å². The van der Waals surface area contributed by atoms with E-state index in [1.807, 2.05) is 0 Å². The van der Waals surface area contributed by atoms with Crippen molar-refractivity contribution in [2.75, 3.05) is 36.4 Å². The number of hydrogen-bond donors (Lipinski definition) is 1. The second-order valence-electron chi connectivity index (χ2n) is 10.0. The van der Waals surface area contributed by atoms with Crippen LogP contribution in [0.2, 0.25) is 0 Å². The summed E-state index contributed by atoms with van der Waals surface area (Å²) in [5, 5.41) is 2.39. The molecule has 2 aromatic rings. The molecule has 5 nitrogen and oxygen atoms in total. The molecule has 11 heteroatoms. The number of likely N-dealkylation sites (tertiary alicyclic amines) is 1. The van der Waals surface area contributed by atoms with Gasteiger partial charge in [0.25, 0.3) is 11.8 Å². The number of benzene rings is 2. The average molecular weight is 542 g/mol. The molecule has 38 heavy (non-hydrogen) atoms. The summed E-state index contributed by atoms with van der Waals surface area (Å²) in [6.07, 6.45) is -5.42. The molecule has 0 spiro atoms. The smallest absolute Gasteiger partial charge is 0.371 e. The van der Waals surface area contributed by atoms with E-state index >= 15 is 0 Å². The van der Waals surface area contributed by atoms with Crippen molar-refractivity contribution >= 4 is 23.2 Å². The summed E-state index contributed by atoms with van der Waals surface area (Å²) in [4.78, 5) is 30.2. The number of amides is 2. The maximum Gasteiger partial charge on any atom is 0.416 e. The van der Waals surface area contributed by atoms with Crippen molar-refractivity contribution in [3.05, 3.63) is 58.7 Å². The van der Waals surface area contributed by atoms with Crippen LogP contribution in [0.25, 0.3) is 0 Å². The highest BCUT2D eigenvalue weighted by Crippen LogP contribution is 2.37. The van der Waals surface area contributed by atoms with Gasteiger partial charge in [0.2, 0.25) is 0 Å². The first-order valence-corrected chi connectivity index (χ1v) is 12.6. The van der Waals surface area contributed by atoms with Crippen molar-refractivity contribution in [3.8, 4) is 0 Å². The standard InChI is InChI=1S/C27H29F6N3O2/c1-17-7-11-36(12-8-17)25(38)22-16-21(5-6-23(22)35-9-3-2-4-10-35)34-24(37)18-13-19(26(28,29)30)15-20(14-18)27(31,32)33/h5-6,13-17H,2-4,7-12H2,1H3,(H,34,37). The van der Waals surface area contributed by atoms with E-state index in [2.05, 4.69) is 17.1 Å². The zero-order valence-electron chi connectivity index (χ0n) is 20.9. The molecule has 0 unspecified atom stereocenters. The van der Waals surface area contributed by atoms with E-state index < -0.39 is 35.0 Å². The summed E-state index contributed by atoms with van der Waals surface area (Å²) >= 11 is 0. The Balaban J connectivity index is 1.66. The van der Waals surface area contributed by atoms with Gasteiger partial charge >= 0.3 is 12.4 Å². The van der Waals surface area contributed by atoms with Crippen molar-refractivity contribution in [1.82, 2.24) is 4.90 Å². The van der Waals surface area contributed by atoms with Crippen LogP contribution >= 0.6 is 0 Å². The molecule has 2 saturated heterocycles. The summed E-state index contributed by atoms with van der Waals surface area (Å²) in [5.74, 6) is -0.857. The zero-order chi connectivity index (χ0) is 27.7. The van der Waals surface area contributed by atoms with Crippen LogP contribution in [0, 0.1) is 5.92 Å². The van der Waals surface area contributed by atoms with Crippen molar-refractivity contribution in [2.45, 2.75) is 51.4 Å². The molecule has 2 fully saturated rings. The zero-order valence-corrected chi connectivity index (χ0v) is 20.9. The fraction of sp³-hybridized carbons (Fsp3) is 0.481. The highest BCUT2D eigenvalue weighted by molar-refractivity contribution is 6.06. The summed E-state index contributed by atoms with van der Waals surface area (Å²) in [6.45, 7) is 4.80. The minimum atomic E-state index is -5.07. The molecule has 2 aromatic carbocycles. The molecule has 0 atom stereocenters. The summed E-state index contributed by atoms with van der Waals surface area (Å²) in [7, 11) is 0. The molecule has 2 aliphatic rings. The van der Waals surface area contributed by atoms with E-state index in [1.54, 1.807) is 11.0 Å². The molecule has 0 aliphatic carbocycles. The first kappa shape index (κ1) is 27.8. The monoisotopic (exact) mass is 541 g/mol. The molecule has 0 saturated carbocycles. The fourth-order valence-corrected chi connectivity index (χ4v) is 4.87. The third-order valence-electron chi connectivity index (χ3n) is 7.10. The molecule has 4 rings (SSSR count). The number of anilines is 2. The molecule has 0 bridgehead atoms. The Morgan fingerprint density at radius 3 is 1.95 bits per heavy atom.